The zero-order valence-electron chi connectivity index (χ0n) is 15.4. The fourth-order valence-corrected chi connectivity index (χ4v) is 3.57. The van der Waals surface area contributed by atoms with Crippen molar-refractivity contribution in [1.82, 2.24) is 0 Å². The number of rotatable bonds is 4. The third-order valence-electron chi connectivity index (χ3n) is 4.55. The second-order valence-corrected chi connectivity index (χ2v) is 7.04. The molecule has 1 aliphatic heterocycles. The average molecular weight is 403 g/mol. The Morgan fingerprint density at radius 3 is 2.75 bits per heavy atom. The van der Waals surface area contributed by atoms with Crippen molar-refractivity contribution < 1.29 is 14.5 Å². The van der Waals surface area contributed by atoms with Crippen molar-refractivity contribution >= 4 is 46.2 Å². The van der Waals surface area contributed by atoms with Gasteiger partial charge in [0.25, 0.3) is 5.69 Å². The number of nitrogens with one attached hydrogen (secondary N) is 1. The number of nitro groups is 1. The Bertz CT molecular complexity index is 949. The van der Waals surface area contributed by atoms with E-state index in [1.165, 1.54) is 18.2 Å². The van der Waals surface area contributed by atoms with Gasteiger partial charge < -0.3 is 15.1 Å². The number of halogens is 1. The number of amides is 2. The number of hydrogen-bond donors (Lipinski definition) is 1. The van der Waals surface area contributed by atoms with Gasteiger partial charge in [0, 0.05) is 31.6 Å². The number of likely N-dealkylation sites (N-methyl/N-ethyl adjacent to an activating group) is 1. The summed E-state index contributed by atoms with van der Waals surface area (Å²) in [6, 6.07) is 10.9. The molecule has 2 amide bonds. The van der Waals surface area contributed by atoms with Gasteiger partial charge in [-0.2, -0.15) is 0 Å². The number of anilines is 3. The Balaban J connectivity index is 1.86. The Kier molecular flexibility index (Phi) is 5.51. The minimum atomic E-state index is -0.527. The van der Waals surface area contributed by atoms with Crippen molar-refractivity contribution in [2.45, 2.75) is 19.4 Å². The zero-order chi connectivity index (χ0) is 20.4. The van der Waals surface area contributed by atoms with Crippen molar-refractivity contribution in [3.8, 4) is 0 Å². The molecule has 9 heteroatoms. The molecule has 1 atom stereocenters. The van der Waals surface area contributed by atoms with E-state index in [2.05, 4.69) is 5.32 Å². The quantitative estimate of drug-likeness (QED) is 0.624. The predicted molar refractivity (Wildman–Crippen MR) is 108 cm³/mol. The molecule has 0 radical (unpaired) electrons. The first kappa shape index (κ1) is 19.6. The minimum absolute atomic E-state index is 0.00953. The fourth-order valence-electron chi connectivity index (χ4n) is 3.25. The van der Waals surface area contributed by atoms with Gasteiger partial charge >= 0.3 is 0 Å². The van der Waals surface area contributed by atoms with Gasteiger partial charge in [0.05, 0.1) is 33.6 Å². The topological polar surface area (TPSA) is 95.8 Å². The standard InChI is InChI=1S/C19H19ClN4O4/c1-12-9-18(25)21-15-5-3-4-6-17(15)23(12)19(26)11-22(2)16-8-7-13(24(27)28)10-14(16)20/h3-8,10,12H,9,11H2,1-2H3,(H,21,25)/t12-/m1/s1. The highest BCUT2D eigenvalue weighted by Crippen LogP contribution is 2.32. The number of nitrogens with zero attached hydrogens (tertiary/aromatic N) is 3. The smallest absolute Gasteiger partial charge is 0.271 e. The van der Waals surface area contributed by atoms with Crippen LogP contribution in [0.4, 0.5) is 22.7 Å². The molecule has 3 rings (SSSR count). The summed E-state index contributed by atoms with van der Waals surface area (Å²) < 4.78 is 0. The van der Waals surface area contributed by atoms with E-state index in [9.17, 15) is 19.7 Å². The first-order valence-corrected chi connectivity index (χ1v) is 9.01. The summed E-state index contributed by atoms with van der Waals surface area (Å²) in [7, 11) is 1.68. The molecule has 2 aromatic carbocycles. The van der Waals surface area contributed by atoms with Crippen LogP contribution in [0.25, 0.3) is 0 Å². The molecule has 0 bridgehead atoms. The van der Waals surface area contributed by atoms with E-state index in [4.69, 9.17) is 11.6 Å². The van der Waals surface area contributed by atoms with Crippen molar-refractivity contribution in [2.24, 2.45) is 0 Å². The number of nitro benzene ring substituents is 1. The lowest BCUT2D eigenvalue weighted by Crippen LogP contribution is -2.44. The largest absolute Gasteiger partial charge is 0.364 e. The molecule has 0 unspecified atom stereocenters. The molecule has 0 aliphatic carbocycles. The minimum Gasteiger partial charge on any atom is -0.364 e. The van der Waals surface area contributed by atoms with Crippen LogP contribution in [0.2, 0.25) is 5.02 Å². The number of carbonyl (C=O) groups excluding carboxylic acids is 2. The van der Waals surface area contributed by atoms with Gasteiger partial charge in [-0.3, -0.25) is 19.7 Å². The van der Waals surface area contributed by atoms with E-state index in [0.29, 0.717) is 17.1 Å². The highest BCUT2D eigenvalue weighted by Gasteiger charge is 2.30. The van der Waals surface area contributed by atoms with Crippen LogP contribution < -0.4 is 15.1 Å². The molecule has 0 fully saturated rings. The monoisotopic (exact) mass is 402 g/mol. The normalized spacial score (nSPS) is 16.0. The highest BCUT2D eigenvalue weighted by molar-refractivity contribution is 6.33. The predicted octanol–water partition coefficient (Wildman–Crippen LogP) is 3.45. The summed E-state index contributed by atoms with van der Waals surface area (Å²) >= 11 is 6.17. The summed E-state index contributed by atoms with van der Waals surface area (Å²) in [5.41, 5.74) is 1.61. The lowest BCUT2D eigenvalue weighted by Gasteiger charge is -2.30. The summed E-state index contributed by atoms with van der Waals surface area (Å²) in [6.45, 7) is 1.81. The second kappa shape index (κ2) is 7.85. The third-order valence-corrected chi connectivity index (χ3v) is 4.86. The van der Waals surface area contributed by atoms with E-state index >= 15 is 0 Å². The molecule has 0 spiro atoms. The third kappa shape index (κ3) is 3.91. The van der Waals surface area contributed by atoms with Crippen LogP contribution in [0, 0.1) is 10.1 Å². The number of carbonyl (C=O) groups is 2. The number of hydrogen-bond acceptors (Lipinski definition) is 5. The molecule has 1 aliphatic rings. The van der Waals surface area contributed by atoms with Gasteiger partial charge in [-0.25, -0.2) is 0 Å². The Morgan fingerprint density at radius 2 is 2.07 bits per heavy atom. The molecular formula is C19H19ClN4O4. The van der Waals surface area contributed by atoms with Crippen molar-refractivity contribution in [1.29, 1.82) is 0 Å². The average Bonchev–Trinajstić information content (AvgIpc) is 2.75. The number of para-hydroxylation sites is 2. The van der Waals surface area contributed by atoms with Gasteiger partial charge in [0.15, 0.2) is 0 Å². The second-order valence-electron chi connectivity index (χ2n) is 6.63. The van der Waals surface area contributed by atoms with Crippen molar-refractivity contribution in [3.63, 3.8) is 0 Å². The Labute approximate surface area is 166 Å². The molecule has 1 N–H and O–H groups in total. The molecule has 2 aromatic rings. The molecular weight excluding hydrogens is 384 g/mol. The Morgan fingerprint density at radius 1 is 1.36 bits per heavy atom. The van der Waals surface area contributed by atoms with Crippen molar-refractivity contribution in [3.05, 3.63) is 57.6 Å². The zero-order valence-corrected chi connectivity index (χ0v) is 16.1. The van der Waals surface area contributed by atoms with E-state index in [1.807, 2.05) is 6.92 Å². The summed E-state index contributed by atoms with van der Waals surface area (Å²) in [5, 5.41) is 13.9. The van der Waals surface area contributed by atoms with Crippen LogP contribution in [-0.4, -0.2) is 36.4 Å². The van der Waals surface area contributed by atoms with Gasteiger partial charge in [0.1, 0.15) is 0 Å². The van der Waals surface area contributed by atoms with Gasteiger partial charge in [0.2, 0.25) is 11.8 Å². The molecule has 8 nitrogen and oxygen atoms in total. The molecule has 146 valence electrons. The lowest BCUT2D eigenvalue weighted by atomic mass is 10.1. The van der Waals surface area contributed by atoms with Crippen LogP contribution in [-0.2, 0) is 9.59 Å². The molecule has 1 heterocycles. The van der Waals surface area contributed by atoms with Crippen LogP contribution in [0.3, 0.4) is 0 Å². The molecule has 28 heavy (non-hydrogen) atoms. The first-order valence-electron chi connectivity index (χ1n) is 8.64. The molecule has 0 saturated carbocycles. The van der Waals surface area contributed by atoms with Gasteiger partial charge in [-0.1, -0.05) is 23.7 Å². The lowest BCUT2D eigenvalue weighted by molar-refractivity contribution is -0.384. The number of benzene rings is 2. The van der Waals surface area contributed by atoms with Crippen LogP contribution in [0.15, 0.2) is 42.5 Å². The molecule has 0 saturated heterocycles. The van der Waals surface area contributed by atoms with Gasteiger partial charge in [-0.05, 0) is 25.1 Å². The van der Waals surface area contributed by atoms with E-state index in [-0.39, 0.29) is 41.5 Å². The maximum Gasteiger partial charge on any atom is 0.271 e. The number of non-ortho nitro benzene ring substituents is 1. The van der Waals surface area contributed by atoms with Crippen LogP contribution in [0.5, 0.6) is 0 Å². The first-order chi connectivity index (χ1) is 13.3. The van der Waals surface area contributed by atoms with Gasteiger partial charge in [-0.15, -0.1) is 0 Å². The fraction of sp³-hybridized carbons (Fsp3) is 0.263. The van der Waals surface area contributed by atoms with E-state index in [1.54, 1.807) is 41.1 Å². The maximum atomic E-state index is 13.1. The van der Waals surface area contributed by atoms with E-state index in [0.717, 1.165) is 0 Å². The van der Waals surface area contributed by atoms with Crippen molar-refractivity contribution in [2.75, 3.05) is 28.7 Å². The summed E-state index contributed by atoms with van der Waals surface area (Å²) in [4.78, 5) is 38.7. The maximum absolute atomic E-state index is 13.1. The summed E-state index contributed by atoms with van der Waals surface area (Å²) in [5.74, 6) is -0.365. The highest BCUT2D eigenvalue weighted by atomic mass is 35.5. The number of fused-ring (bicyclic) bond motifs is 1. The molecule has 0 aromatic heterocycles. The summed E-state index contributed by atoms with van der Waals surface area (Å²) in [6.07, 6.45) is 0.183. The van der Waals surface area contributed by atoms with E-state index < -0.39 is 4.92 Å². The Hall–Kier alpha value is -3.13. The van der Waals surface area contributed by atoms with Crippen LogP contribution in [0.1, 0.15) is 13.3 Å². The van der Waals surface area contributed by atoms with Crippen LogP contribution >= 0.6 is 11.6 Å². The SMILES string of the molecule is C[C@@H]1CC(=O)Nc2ccccc2N1C(=O)CN(C)c1ccc([N+](=O)[O-])cc1Cl.